The maximum Gasteiger partial charge on any atom is 0.259 e. The van der Waals surface area contributed by atoms with Crippen LogP contribution in [0.1, 0.15) is 5.82 Å². The number of anilines is 1. The normalized spacial score (nSPS) is 15.1. The van der Waals surface area contributed by atoms with Gasteiger partial charge in [-0.2, -0.15) is 0 Å². The molecule has 5 rings (SSSR count). The van der Waals surface area contributed by atoms with Gasteiger partial charge in [0, 0.05) is 37.3 Å². The minimum atomic E-state index is -0.0597. The third kappa shape index (κ3) is 3.79. The predicted octanol–water partition coefficient (Wildman–Crippen LogP) is 3.37. The molecule has 0 aliphatic carbocycles. The van der Waals surface area contributed by atoms with Gasteiger partial charge in [0.25, 0.3) is 5.56 Å². The van der Waals surface area contributed by atoms with Crippen molar-refractivity contribution in [3.8, 4) is 10.4 Å². The van der Waals surface area contributed by atoms with Gasteiger partial charge in [-0.3, -0.25) is 9.69 Å². The van der Waals surface area contributed by atoms with Crippen LogP contribution in [-0.2, 0) is 6.54 Å². The van der Waals surface area contributed by atoms with Gasteiger partial charge in [0.1, 0.15) is 16.5 Å². The number of nitrogens with zero attached hydrogens (tertiary/aromatic N) is 4. The third-order valence-electron chi connectivity index (χ3n) is 5.23. The Hall–Kier alpha value is -3.03. The summed E-state index contributed by atoms with van der Waals surface area (Å²) in [4.78, 5) is 31.3. The highest BCUT2D eigenvalue weighted by Crippen LogP contribution is 2.30. The Labute approximate surface area is 172 Å². The van der Waals surface area contributed by atoms with Crippen LogP contribution in [0.3, 0.4) is 0 Å². The molecule has 0 amide bonds. The number of pyridine rings is 1. The molecule has 1 aliphatic heterocycles. The molecule has 0 radical (unpaired) electrons. The number of rotatable bonds is 4. The molecule has 7 heteroatoms. The number of benzene rings is 1. The molecule has 1 N–H and O–H groups in total. The first-order valence-electron chi connectivity index (χ1n) is 9.73. The average molecular weight is 404 g/mol. The van der Waals surface area contributed by atoms with E-state index in [-0.39, 0.29) is 5.56 Å². The summed E-state index contributed by atoms with van der Waals surface area (Å²) >= 11 is 1.57. The second-order valence-electron chi connectivity index (χ2n) is 7.16. The van der Waals surface area contributed by atoms with Gasteiger partial charge in [0.15, 0.2) is 0 Å². The molecule has 0 atom stereocenters. The smallest absolute Gasteiger partial charge is 0.259 e. The molecule has 4 heterocycles. The van der Waals surface area contributed by atoms with Crippen molar-refractivity contribution >= 4 is 27.4 Å². The topological polar surface area (TPSA) is 65.1 Å². The van der Waals surface area contributed by atoms with Crippen LogP contribution >= 0.6 is 11.3 Å². The van der Waals surface area contributed by atoms with Crippen molar-refractivity contribution in [2.24, 2.45) is 0 Å². The van der Waals surface area contributed by atoms with Crippen molar-refractivity contribution in [2.45, 2.75) is 6.54 Å². The monoisotopic (exact) mass is 403 g/mol. The molecule has 4 aromatic rings. The summed E-state index contributed by atoms with van der Waals surface area (Å²) in [6.45, 7) is 4.32. The molecule has 0 saturated carbocycles. The molecule has 0 spiro atoms. The summed E-state index contributed by atoms with van der Waals surface area (Å²) in [5, 5.41) is 0.664. The molecule has 1 aromatic carbocycles. The summed E-state index contributed by atoms with van der Waals surface area (Å²) in [6.07, 6.45) is 1.83. The van der Waals surface area contributed by atoms with Crippen LogP contribution in [0, 0.1) is 0 Å². The number of hydrogen-bond acceptors (Lipinski definition) is 6. The summed E-state index contributed by atoms with van der Waals surface area (Å²) in [5.74, 6) is 1.75. The van der Waals surface area contributed by atoms with E-state index >= 15 is 0 Å². The first-order valence-corrected chi connectivity index (χ1v) is 10.5. The van der Waals surface area contributed by atoms with Crippen molar-refractivity contribution in [3.63, 3.8) is 0 Å². The predicted molar refractivity (Wildman–Crippen MR) is 117 cm³/mol. The minimum absolute atomic E-state index is 0.0597. The Morgan fingerprint density at radius 1 is 1.00 bits per heavy atom. The van der Waals surface area contributed by atoms with Gasteiger partial charge in [-0.1, -0.05) is 36.4 Å². The lowest BCUT2D eigenvalue weighted by Gasteiger charge is -2.35. The largest absolute Gasteiger partial charge is 0.354 e. The number of piperazine rings is 1. The van der Waals surface area contributed by atoms with Gasteiger partial charge in [-0.25, -0.2) is 9.97 Å². The molecule has 6 nitrogen and oxygen atoms in total. The molecular formula is C22H21N5OS. The summed E-state index contributed by atoms with van der Waals surface area (Å²) in [5.41, 5.74) is 1.05. The van der Waals surface area contributed by atoms with E-state index in [1.807, 2.05) is 48.7 Å². The maximum atomic E-state index is 12.6. The summed E-state index contributed by atoms with van der Waals surface area (Å²) in [6, 6.07) is 18.1. The van der Waals surface area contributed by atoms with Crippen LogP contribution in [0.5, 0.6) is 0 Å². The Kier molecular flexibility index (Phi) is 4.83. The molecule has 3 aromatic heterocycles. The molecule has 0 bridgehead atoms. The zero-order valence-electron chi connectivity index (χ0n) is 15.9. The average Bonchev–Trinajstić information content (AvgIpc) is 3.20. The van der Waals surface area contributed by atoms with E-state index in [1.54, 1.807) is 11.3 Å². The summed E-state index contributed by atoms with van der Waals surface area (Å²) < 4.78 is 0. The zero-order valence-corrected chi connectivity index (χ0v) is 16.7. The van der Waals surface area contributed by atoms with Gasteiger partial charge in [0.2, 0.25) is 0 Å². The fraction of sp³-hybridized carbons (Fsp3) is 0.227. The lowest BCUT2D eigenvalue weighted by Crippen LogP contribution is -2.46. The van der Waals surface area contributed by atoms with Crippen molar-refractivity contribution in [1.29, 1.82) is 0 Å². The molecule has 0 unspecified atom stereocenters. The van der Waals surface area contributed by atoms with Gasteiger partial charge in [-0.05, 0) is 23.8 Å². The van der Waals surface area contributed by atoms with Crippen molar-refractivity contribution < 1.29 is 0 Å². The zero-order chi connectivity index (χ0) is 19.6. The standard InChI is InChI=1S/C22H21N5OS/c28-21-17-14-18(16-6-2-1-3-7-16)29-22(17)25-19(24-21)15-26-10-12-27(13-11-26)20-8-4-5-9-23-20/h1-9,14H,10-13,15H2,(H,24,25,28). The fourth-order valence-electron chi connectivity index (χ4n) is 3.68. The number of fused-ring (bicyclic) bond motifs is 1. The Morgan fingerprint density at radius 2 is 1.79 bits per heavy atom. The van der Waals surface area contributed by atoms with Crippen LogP contribution in [0.15, 0.2) is 65.6 Å². The van der Waals surface area contributed by atoms with Crippen LogP contribution in [0.25, 0.3) is 20.7 Å². The van der Waals surface area contributed by atoms with Crippen molar-refractivity contribution in [2.75, 3.05) is 31.1 Å². The Morgan fingerprint density at radius 3 is 2.55 bits per heavy atom. The number of hydrogen-bond donors (Lipinski definition) is 1. The number of H-pyrrole nitrogens is 1. The molecule has 1 fully saturated rings. The fourth-order valence-corrected chi connectivity index (χ4v) is 4.74. The Balaban J connectivity index is 1.32. The number of thiophene rings is 1. The Bertz CT molecular complexity index is 1160. The van der Waals surface area contributed by atoms with Gasteiger partial charge in [0.05, 0.1) is 11.9 Å². The number of nitrogens with one attached hydrogen (secondary N) is 1. The van der Waals surface area contributed by atoms with Crippen LogP contribution in [-0.4, -0.2) is 46.0 Å². The van der Waals surface area contributed by atoms with E-state index in [4.69, 9.17) is 4.98 Å². The van der Waals surface area contributed by atoms with E-state index in [2.05, 4.69) is 31.9 Å². The van der Waals surface area contributed by atoms with E-state index in [0.717, 1.165) is 53.1 Å². The van der Waals surface area contributed by atoms with E-state index in [0.29, 0.717) is 11.9 Å². The first-order chi connectivity index (χ1) is 14.3. The molecule has 29 heavy (non-hydrogen) atoms. The first kappa shape index (κ1) is 18.0. The summed E-state index contributed by atoms with van der Waals surface area (Å²) in [7, 11) is 0. The second-order valence-corrected chi connectivity index (χ2v) is 8.19. The van der Waals surface area contributed by atoms with Crippen molar-refractivity contribution in [1.82, 2.24) is 19.9 Å². The minimum Gasteiger partial charge on any atom is -0.354 e. The highest BCUT2D eigenvalue weighted by molar-refractivity contribution is 7.21. The van der Waals surface area contributed by atoms with Gasteiger partial charge in [-0.15, -0.1) is 11.3 Å². The van der Waals surface area contributed by atoms with Gasteiger partial charge >= 0.3 is 0 Å². The van der Waals surface area contributed by atoms with E-state index < -0.39 is 0 Å². The van der Waals surface area contributed by atoms with E-state index in [1.165, 1.54) is 0 Å². The molecule has 1 aliphatic rings. The van der Waals surface area contributed by atoms with Gasteiger partial charge < -0.3 is 9.88 Å². The quantitative estimate of drug-likeness (QED) is 0.566. The highest BCUT2D eigenvalue weighted by atomic mass is 32.1. The molecule has 1 saturated heterocycles. The second kappa shape index (κ2) is 7.77. The van der Waals surface area contributed by atoms with Crippen LogP contribution < -0.4 is 10.5 Å². The molecular weight excluding hydrogens is 382 g/mol. The lowest BCUT2D eigenvalue weighted by molar-refractivity contribution is 0.243. The third-order valence-corrected chi connectivity index (χ3v) is 6.31. The number of aromatic amines is 1. The van der Waals surface area contributed by atoms with E-state index in [9.17, 15) is 4.79 Å². The SMILES string of the molecule is O=c1[nH]c(CN2CCN(c3ccccn3)CC2)nc2sc(-c3ccccc3)cc12. The van der Waals surface area contributed by atoms with Crippen LogP contribution in [0.2, 0.25) is 0 Å². The lowest BCUT2D eigenvalue weighted by atomic mass is 10.2. The van der Waals surface area contributed by atoms with Crippen LogP contribution in [0.4, 0.5) is 5.82 Å². The highest BCUT2D eigenvalue weighted by Gasteiger charge is 2.19. The molecule has 146 valence electrons. The van der Waals surface area contributed by atoms with Crippen molar-refractivity contribution in [3.05, 3.63) is 77.0 Å². The maximum absolute atomic E-state index is 12.6. The number of aromatic nitrogens is 3.